The average molecular weight is 364 g/mol. The van der Waals surface area contributed by atoms with Gasteiger partial charge in [-0.1, -0.05) is 0 Å². The molecule has 1 aromatic rings. The van der Waals surface area contributed by atoms with E-state index in [1.165, 1.54) is 5.70 Å². The Balaban J connectivity index is 2.01. The van der Waals surface area contributed by atoms with Crippen LogP contribution in [0.4, 0.5) is 0 Å². The highest BCUT2D eigenvalue weighted by Gasteiger charge is 2.48. The lowest BCUT2D eigenvalue weighted by molar-refractivity contribution is -0.537. The highest BCUT2D eigenvalue weighted by Crippen LogP contribution is 2.44. The first-order valence-corrected chi connectivity index (χ1v) is 9.19. The molecule has 1 aliphatic heterocycles. The molecule has 3 rings (SSSR count). The number of nitro groups is 1. The summed E-state index contributed by atoms with van der Waals surface area (Å²) in [7, 11) is 3.32. The lowest BCUT2D eigenvalue weighted by Crippen LogP contribution is -2.45. The standard InChI is InChI=1S/C19H28N2O5/c1-13-16(12-25-3)19(21(22)23)15(18-7-5-9-26-18)10-17(13)20-8-4-6-14(20)11-24-2/h5,7,9,14-16,19H,4,6,8,10-12H2,1-3H3/t14-,15+,16-,19+/m0/s1. The first-order valence-electron chi connectivity index (χ1n) is 9.19. The van der Waals surface area contributed by atoms with E-state index in [1.807, 2.05) is 13.0 Å². The van der Waals surface area contributed by atoms with Crippen molar-refractivity contribution in [2.75, 3.05) is 34.0 Å². The van der Waals surface area contributed by atoms with Gasteiger partial charge in [0.05, 0.1) is 37.4 Å². The third-order valence-corrected chi connectivity index (χ3v) is 5.83. The summed E-state index contributed by atoms with van der Waals surface area (Å²) >= 11 is 0. The summed E-state index contributed by atoms with van der Waals surface area (Å²) in [6, 6.07) is 3.23. The van der Waals surface area contributed by atoms with Gasteiger partial charge in [0.2, 0.25) is 6.04 Å². The lowest BCUT2D eigenvalue weighted by atomic mass is 9.74. The smallest absolute Gasteiger partial charge is 0.232 e. The van der Waals surface area contributed by atoms with Crippen LogP contribution in [-0.4, -0.2) is 55.9 Å². The molecular formula is C19H28N2O5. The summed E-state index contributed by atoms with van der Waals surface area (Å²) in [4.78, 5) is 14.2. The van der Waals surface area contributed by atoms with Crippen molar-refractivity contribution >= 4 is 0 Å². The molecule has 26 heavy (non-hydrogen) atoms. The fraction of sp³-hybridized carbons (Fsp3) is 0.684. The Hall–Kier alpha value is -1.86. The van der Waals surface area contributed by atoms with E-state index in [0.29, 0.717) is 31.4 Å². The van der Waals surface area contributed by atoms with Gasteiger partial charge in [-0.05, 0) is 37.5 Å². The van der Waals surface area contributed by atoms with E-state index in [2.05, 4.69) is 4.90 Å². The van der Waals surface area contributed by atoms with Crippen LogP contribution in [0, 0.1) is 16.0 Å². The van der Waals surface area contributed by atoms with Crippen LogP contribution in [0.25, 0.3) is 0 Å². The van der Waals surface area contributed by atoms with Crippen LogP contribution in [0.1, 0.15) is 37.9 Å². The number of likely N-dealkylation sites (tertiary alicyclic amines) is 1. The Kier molecular flexibility index (Phi) is 5.98. The van der Waals surface area contributed by atoms with Crippen LogP contribution < -0.4 is 0 Å². The van der Waals surface area contributed by atoms with Crippen molar-refractivity contribution in [3.63, 3.8) is 0 Å². The highest BCUT2D eigenvalue weighted by atomic mass is 16.6. The number of hydrogen-bond donors (Lipinski definition) is 0. The van der Waals surface area contributed by atoms with Crippen molar-refractivity contribution in [1.29, 1.82) is 0 Å². The van der Waals surface area contributed by atoms with Gasteiger partial charge in [-0.15, -0.1) is 0 Å². The van der Waals surface area contributed by atoms with E-state index >= 15 is 0 Å². The molecule has 7 nitrogen and oxygen atoms in total. The molecule has 144 valence electrons. The molecule has 1 saturated heterocycles. The molecule has 2 aliphatic rings. The van der Waals surface area contributed by atoms with Crippen LogP contribution in [0.15, 0.2) is 34.1 Å². The van der Waals surface area contributed by atoms with Gasteiger partial charge < -0.3 is 18.8 Å². The molecule has 7 heteroatoms. The van der Waals surface area contributed by atoms with Crippen LogP contribution in [0.5, 0.6) is 0 Å². The van der Waals surface area contributed by atoms with Gasteiger partial charge in [0.15, 0.2) is 0 Å². The summed E-state index contributed by atoms with van der Waals surface area (Å²) in [5.74, 6) is 0.126. The minimum absolute atomic E-state index is 0.159. The molecule has 0 unspecified atom stereocenters. The number of ether oxygens (including phenoxy) is 2. The van der Waals surface area contributed by atoms with Crippen molar-refractivity contribution < 1.29 is 18.8 Å². The first-order chi connectivity index (χ1) is 12.6. The largest absolute Gasteiger partial charge is 0.469 e. The molecule has 0 amide bonds. The summed E-state index contributed by atoms with van der Waals surface area (Å²) in [5, 5.41) is 11.9. The normalized spacial score (nSPS) is 29.4. The Morgan fingerprint density at radius 3 is 2.73 bits per heavy atom. The second-order valence-electron chi connectivity index (χ2n) is 7.24. The molecular weight excluding hydrogens is 336 g/mol. The number of rotatable bonds is 7. The molecule has 2 heterocycles. The summed E-state index contributed by atoms with van der Waals surface area (Å²) in [5.41, 5.74) is 2.27. The zero-order valence-corrected chi connectivity index (χ0v) is 15.7. The van der Waals surface area contributed by atoms with Crippen LogP contribution in [0.3, 0.4) is 0 Å². The van der Waals surface area contributed by atoms with Gasteiger partial charge in [-0.2, -0.15) is 0 Å². The second-order valence-corrected chi connectivity index (χ2v) is 7.24. The summed E-state index contributed by atoms with van der Waals surface area (Å²) < 4.78 is 16.4. The molecule has 1 fully saturated rings. The maximum Gasteiger partial charge on any atom is 0.232 e. The van der Waals surface area contributed by atoms with Crippen molar-refractivity contribution in [2.24, 2.45) is 5.92 Å². The molecule has 1 aromatic heterocycles. The monoisotopic (exact) mass is 364 g/mol. The van der Waals surface area contributed by atoms with Gasteiger partial charge in [0.1, 0.15) is 5.76 Å². The number of methoxy groups -OCH3 is 2. The van der Waals surface area contributed by atoms with Crippen LogP contribution >= 0.6 is 0 Å². The Morgan fingerprint density at radius 2 is 2.12 bits per heavy atom. The topological polar surface area (TPSA) is 78.0 Å². The van der Waals surface area contributed by atoms with Gasteiger partial charge in [0, 0.05) is 37.8 Å². The Labute approximate surface area is 154 Å². The molecule has 0 saturated carbocycles. The fourth-order valence-corrected chi connectivity index (χ4v) is 4.61. The van der Waals surface area contributed by atoms with Crippen molar-refractivity contribution in [3.05, 3.63) is 45.5 Å². The predicted molar refractivity (Wildman–Crippen MR) is 96.5 cm³/mol. The number of nitrogens with zero attached hydrogens (tertiary/aromatic N) is 2. The molecule has 0 bridgehead atoms. The fourth-order valence-electron chi connectivity index (χ4n) is 4.61. The maximum absolute atomic E-state index is 11.9. The lowest BCUT2D eigenvalue weighted by Gasteiger charge is -2.39. The van der Waals surface area contributed by atoms with Gasteiger partial charge in [-0.25, -0.2) is 0 Å². The summed E-state index contributed by atoms with van der Waals surface area (Å²) in [6.45, 7) is 4.00. The van der Waals surface area contributed by atoms with Crippen molar-refractivity contribution in [1.82, 2.24) is 4.90 Å². The molecule has 0 aromatic carbocycles. The SMILES string of the molecule is COC[C@@H]1CCCN1C1=C(C)[C@H](COC)[C@H]([N+](=O)[O-])[C@@H](c2ccco2)C1. The highest BCUT2D eigenvalue weighted by molar-refractivity contribution is 5.27. The van der Waals surface area contributed by atoms with Gasteiger partial charge in [0.25, 0.3) is 0 Å². The van der Waals surface area contributed by atoms with E-state index in [-0.39, 0.29) is 16.8 Å². The first kappa shape index (κ1) is 18.9. The van der Waals surface area contributed by atoms with Gasteiger partial charge in [-0.3, -0.25) is 10.1 Å². The molecule has 0 radical (unpaired) electrons. The Morgan fingerprint density at radius 1 is 1.35 bits per heavy atom. The molecule has 0 N–H and O–H groups in total. The molecule has 0 spiro atoms. The van der Waals surface area contributed by atoms with E-state index in [4.69, 9.17) is 13.9 Å². The summed E-state index contributed by atoms with van der Waals surface area (Å²) in [6.07, 6.45) is 4.41. The van der Waals surface area contributed by atoms with Crippen molar-refractivity contribution in [3.8, 4) is 0 Å². The maximum atomic E-state index is 11.9. The van der Waals surface area contributed by atoms with Crippen LogP contribution in [-0.2, 0) is 9.47 Å². The van der Waals surface area contributed by atoms with Gasteiger partial charge >= 0.3 is 0 Å². The van der Waals surface area contributed by atoms with E-state index in [9.17, 15) is 10.1 Å². The zero-order valence-electron chi connectivity index (χ0n) is 15.7. The Bertz CT molecular complexity index is 642. The third-order valence-electron chi connectivity index (χ3n) is 5.83. The van der Waals surface area contributed by atoms with E-state index in [0.717, 1.165) is 25.0 Å². The van der Waals surface area contributed by atoms with E-state index < -0.39 is 6.04 Å². The average Bonchev–Trinajstić information content (AvgIpc) is 3.28. The minimum atomic E-state index is -0.742. The quantitative estimate of drug-likeness (QED) is 0.547. The number of allylic oxidation sites excluding steroid dienone is 1. The van der Waals surface area contributed by atoms with E-state index in [1.54, 1.807) is 26.5 Å². The van der Waals surface area contributed by atoms with Crippen molar-refractivity contribution in [2.45, 2.75) is 44.2 Å². The minimum Gasteiger partial charge on any atom is -0.469 e. The predicted octanol–water partition coefficient (Wildman–Crippen LogP) is 3.06. The number of furan rings is 1. The third kappa shape index (κ3) is 3.50. The second kappa shape index (κ2) is 8.22. The molecule has 4 atom stereocenters. The zero-order chi connectivity index (χ0) is 18.7. The number of hydrogen-bond acceptors (Lipinski definition) is 6. The van der Waals surface area contributed by atoms with Crippen LogP contribution in [0.2, 0.25) is 0 Å². The molecule has 1 aliphatic carbocycles.